The van der Waals surface area contributed by atoms with Gasteiger partial charge in [-0.3, -0.25) is 0 Å². The molecule has 0 aromatic rings. The Kier molecular flexibility index (Phi) is 14.0. The minimum atomic E-state index is -1.28. The fraction of sp³-hybridized carbons (Fsp3) is 0.750. The molecule has 0 saturated carbocycles. The van der Waals surface area contributed by atoms with E-state index in [1.165, 1.54) is 13.8 Å². The van der Waals surface area contributed by atoms with E-state index in [0.717, 1.165) is 19.3 Å². The molecular formula is C16H29NNaO5+. The van der Waals surface area contributed by atoms with Gasteiger partial charge in [-0.1, -0.05) is 19.1 Å². The van der Waals surface area contributed by atoms with E-state index in [1.54, 1.807) is 0 Å². The maximum atomic E-state index is 11.4. The molecule has 0 aromatic carbocycles. The molecule has 0 aliphatic rings. The number of quaternary nitrogens is 1. The van der Waals surface area contributed by atoms with Crippen molar-refractivity contribution in [2.24, 2.45) is 0 Å². The Morgan fingerprint density at radius 3 is 2.17 bits per heavy atom. The maximum Gasteiger partial charge on any atom is 1.00 e. The van der Waals surface area contributed by atoms with Gasteiger partial charge in [-0.2, -0.15) is 0 Å². The summed E-state index contributed by atoms with van der Waals surface area (Å²) in [4.78, 5) is 22.7. The van der Waals surface area contributed by atoms with Crippen molar-refractivity contribution in [1.82, 2.24) is 0 Å². The Hall–Kier alpha value is -0.400. The number of unbranched alkanes of at least 4 members (excludes halogenated alkanes) is 2. The molecule has 0 saturated heterocycles. The third-order valence-corrected chi connectivity index (χ3v) is 4.36. The number of carbonyl (C=O) groups is 2. The molecule has 0 heterocycles. The third kappa shape index (κ3) is 7.81. The summed E-state index contributed by atoms with van der Waals surface area (Å²) in [5.41, 5.74) is 0. The van der Waals surface area contributed by atoms with Crippen LogP contribution in [-0.2, 0) is 9.59 Å². The van der Waals surface area contributed by atoms with Crippen LogP contribution in [0.5, 0.6) is 0 Å². The van der Waals surface area contributed by atoms with Crippen molar-refractivity contribution in [3.63, 3.8) is 0 Å². The number of carboxylic acid groups (broad SMARTS) is 2. The van der Waals surface area contributed by atoms with Gasteiger partial charge in [0.05, 0.1) is 19.1 Å². The van der Waals surface area contributed by atoms with Gasteiger partial charge < -0.3 is 24.6 Å². The number of rotatable bonds is 12. The van der Waals surface area contributed by atoms with Crippen molar-refractivity contribution < 1.29 is 58.9 Å². The molecule has 0 amide bonds. The molecule has 0 radical (unpaired) electrons. The summed E-state index contributed by atoms with van der Waals surface area (Å²) in [7, 11) is 0. The zero-order valence-corrected chi connectivity index (χ0v) is 16.8. The summed E-state index contributed by atoms with van der Waals surface area (Å²) >= 11 is 0. The van der Waals surface area contributed by atoms with Gasteiger partial charge in [0.25, 0.3) is 0 Å². The quantitative estimate of drug-likeness (QED) is 0.178. The maximum absolute atomic E-state index is 11.4. The van der Waals surface area contributed by atoms with E-state index in [1.807, 2.05) is 0 Å². The number of nitrogens with zero attached hydrogens (tertiary/aromatic N) is 1. The zero-order chi connectivity index (χ0) is 17.2. The first-order chi connectivity index (χ1) is 10.3. The summed E-state index contributed by atoms with van der Waals surface area (Å²) < 4.78 is -0.189. The van der Waals surface area contributed by atoms with Gasteiger partial charge in [-0.05, 0) is 39.5 Å². The molecule has 3 atom stereocenters. The minimum Gasteiger partial charge on any atom is -0.544 e. The van der Waals surface area contributed by atoms with E-state index in [0.29, 0.717) is 13.0 Å². The normalized spacial score (nSPS) is 16.3. The van der Waals surface area contributed by atoms with Gasteiger partial charge in [0, 0.05) is 0 Å². The van der Waals surface area contributed by atoms with Crippen LogP contribution in [-0.4, -0.2) is 58.4 Å². The molecule has 0 bridgehead atoms. The summed E-state index contributed by atoms with van der Waals surface area (Å²) in [6.45, 7) is 5.23. The van der Waals surface area contributed by atoms with Gasteiger partial charge in [0.2, 0.25) is 0 Å². The second-order valence-corrected chi connectivity index (χ2v) is 5.66. The summed E-state index contributed by atoms with van der Waals surface area (Å²) in [6, 6.07) is -1.89. The van der Waals surface area contributed by atoms with Crippen molar-refractivity contribution in [3.05, 3.63) is 12.2 Å². The van der Waals surface area contributed by atoms with Gasteiger partial charge in [0.1, 0.15) is 12.6 Å². The van der Waals surface area contributed by atoms with Crippen molar-refractivity contribution in [3.8, 4) is 0 Å². The molecule has 23 heavy (non-hydrogen) atoms. The number of carboxylic acids is 2. The number of aliphatic hydroxyl groups excluding tert-OH is 1. The number of aliphatic carboxylic acids is 2. The number of carbonyl (C=O) groups excluding carboxylic acids is 1. The largest absolute Gasteiger partial charge is 1.00 e. The molecule has 0 rings (SSSR count). The van der Waals surface area contributed by atoms with Crippen LogP contribution in [0.3, 0.4) is 0 Å². The van der Waals surface area contributed by atoms with Crippen LogP contribution in [0, 0.1) is 0 Å². The van der Waals surface area contributed by atoms with Gasteiger partial charge in [0.15, 0.2) is 6.04 Å². The zero-order valence-electron chi connectivity index (χ0n) is 14.8. The second kappa shape index (κ2) is 13.0. The Labute approximate surface area is 161 Å². The molecule has 0 fully saturated rings. The second-order valence-electron chi connectivity index (χ2n) is 5.66. The fourth-order valence-corrected chi connectivity index (χ4v) is 2.79. The molecule has 0 aliphatic carbocycles. The van der Waals surface area contributed by atoms with Crippen LogP contribution in [0.25, 0.3) is 0 Å². The van der Waals surface area contributed by atoms with Crippen LogP contribution >= 0.6 is 0 Å². The molecule has 0 spiro atoms. The van der Waals surface area contributed by atoms with Crippen LogP contribution in [0.1, 0.15) is 46.5 Å². The van der Waals surface area contributed by atoms with Crippen LogP contribution < -0.4 is 34.7 Å². The average Bonchev–Trinajstić information content (AvgIpc) is 2.47. The smallest absolute Gasteiger partial charge is 0.544 e. The number of hydrogen-bond donors (Lipinski definition) is 2. The minimum absolute atomic E-state index is 0. The molecule has 0 aromatic heterocycles. The molecule has 2 N–H and O–H groups in total. The van der Waals surface area contributed by atoms with Gasteiger partial charge in [-0.25, -0.2) is 4.79 Å². The van der Waals surface area contributed by atoms with E-state index < -0.39 is 24.0 Å². The Bertz CT molecular complexity index is 367. The van der Waals surface area contributed by atoms with Crippen LogP contribution in [0.15, 0.2) is 12.2 Å². The predicted octanol–water partition coefficient (Wildman–Crippen LogP) is -2.45. The van der Waals surface area contributed by atoms with Gasteiger partial charge in [-0.15, -0.1) is 0 Å². The van der Waals surface area contributed by atoms with Gasteiger partial charge >= 0.3 is 35.5 Å². The Morgan fingerprint density at radius 1 is 1.13 bits per heavy atom. The first-order valence-electron chi connectivity index (χ1n) is 7.89. The van der Waals surface area contributed by atoms with Crippen LogP contribution in [0.2, 0.25) is 0 Å². The van der Waals surface area contributed by atoms with Crippen molar-refractivity contribution in [2.75, 3.05) is 19.7 Å². The molecular weight excluding hydrogens is 309 g/mol. The average molecular weight is 338 g/mol. The van der Waals surface area contributed by atoms with Crippen LogP contribution in [0.4, 0.5) is 0 Å². The SMILES string of the molecule is CC/C=C/CCCC[N+](CCO)(C(C)C(=O)[O-])C(C)C(=O)O.[Na+]. The van der Waals surface area contributed by atoms with Crippen molar-refractivity contribution >= 4 is 11.9 Å². The van der Waals surface area contributed by atoms with E-state index >= 15 is 0 Å². The predicted molar refractivity (Wildman–Crippen MR) is 81.9 cm³/mol. The molecule has 3 unspecified atom stereocenters. The summed E-state index contributed by atoms with van der Waals surface area (Å²) in [6.07, 6.45) is 7.55. The number of aliphatic hydroxyl groups is 1. The summed E-state index contributed by atoms with van der Waals surface area (Å²) in [5.74, 6) is -2.35. The monoisotopic (exact) mass is 338 g/mol. The fourth-order valence-electron chi connectivity index (χ4n) is 2.79. The standard InChI is InChI=1S/C16H29NO5.Na/c1-4-5-6-7-8-9-10-17(11-12-18,13(2)15(19)20)14(3)16(21)22;/h5-6,13-14,18H,4,7-12H2,1-3H3,(H-,19,20,21,22);/q;+1/b6-5+;. The molecule has 128 valence electrons. The van der Waals surface area contributed by atoms with Crippen molar-refractivity contribution in [2.45, 2.75) is 58.5 Å². The Morgan fingerprint density at radius 2 is 1.74 bits per heavy atom. The number of allylic oxidation sites excluding steroid dienone is 2. The van der Waals surface area contributed by atoms with E-state index in [2.05, 4.69) is 19.1 Å². The third-order valence-electron chi connectivity index (χ3n) is 4.36. The number of hydrogen-bond acceptors (Lipinski definition) is 4. The van der Waals surface area contributed by atoms with Crippen molar-refractivity contribution in [1.29, 1.82) is 0 Å². The molecule has 7 heteroatoms. The molecule has 6 nitrogen and oxygen atoms in total. The molecule has 0 aliphatic heterocycles. The first kappa shape index (κ1) is 24.8. The van der Waals surface area contributed by atoms with E-state index in [4.69, 9.17) is 0 Å². The summed E-state index contributed by atoms with van der Waals surface area (Å²) in [5, 5.41) is 29.9. The van der Waals surface area contributed by atoms with E-state index in [9.17, 15) is 24.9 Å². The Balaban J connectivity index is 0. The topological polar surface area (TPSA) is 97.7 Å². The van der Waals surface area contributed by atoms with E-state index in [-0.39, 0.29) is 47.2 Å². The first-order valence-corrected chi connectivity index (χ1v) is 7.89.